The van der Waals surface area contributed by atoms with E-state index in [1.165, 1.54) is 12.8 Å². The Labute approximate surface area is 80.8 Å². The molecule has 0 radical (unpaired) electrons. The van der Waals surface area contributed by atoms with E-state index in [4.69, 9.17) is 9.47 Å². The van der Waals surface area contributed by atoms with Crippen molar-refractivity contribution in [3.8, 4) is 0 Å². The smallest absolute Gasteiger partial charge is 0.0590 e. The molecule has 3 heteroatoms. The molecule has 78 valence electrons. The highest BCUT2D eigenvalue weighted by Gasteiger charge is 2.14. The summed E-state index contributed by atoms with van der Waals surface area (Å²) in [4.78, 5) is 0. The molecule has 0 aromatic carbocycles. The lowest BCUT2D eigenvalue weighted by atomic mass is 10.1. The quantitative estimate of drug-likeness (QED) is 0.604. The van der Waals surface area contributed by atoms with Crippen LogP contribution in [0.1, 0.15) is 19.8 Å². The predicted octanol–water partition coefficient (Wildman–Crippen LogP) is 1.04. The summed E-state index contributed by atoms with van der Waals surface area (Å²) in [6.07, 6.45) is 2.49. The van der Waals surface area contributed by atoms with Gasteiger partial charge in [0.15, 0.2) is 0 Å². The minimum atomic E-state index is 0.791. The van der Waals surface area contributed by atoms with Crippen LogP contribution in [-0.4, -0.2) is 39.5 Å². The molecule has 1 fully saturated rings. The molecule has 0 aromatic rings. The standard InChI is InChI=1S/C10H21NO2/c1-2-12-8-6-11-5-3-10-4-7-13-9-10/h10-11H,2-9H2,1H3. The van der Waals surface area contributed by atoms with Crippen molar-refractivity contribution in [1.82, 2.24) is 5.32 Å². The average Bonchev–Trinajstić information content (AvgIpc) is 2.63. The fourth-order valence-electron chi connectivity index (χ4n) is 1.53. The van der Waals surface area contributed by atoms with Crippen LogP contribution in [0.3, 0.4) is 0 Å². The zero-order valence-electron chi connectivity index (χ0n) is 8.55. The molecule has 1 aliphatic heterocycles. The summed E-state index contributed by atoms with van der Waals surface area (Å²) < 4.78 is 10.5. The number of hydrogen-bond acceptors (Lipinski definition) is 3. The predicted molar refractivity (Wildman–Crippen MR) is 52.9 cm³/mol. The van der Waals surface area contributed by atoms with Gasteiger partial charge in [-0.3, -0.25) is 0 Å². The molecule has 1 unspecified atom stereocenters. The normalized spacial score (nSPS) is 22.4. The zero-order valence-corrected chi connectivity index (χ0v) is 8.55. The van der Waals surface area contributed by atoms with Gasteiger partial charge < -0.3 is 14.8 Å². The van der Waals surface area contributed by atoms with Crippen molar-refractivity contribution in [1.29, 1.82) is 0 Å². The second-order valence-corrected chi connectivity index (χ2v) is 3.47. The highest BCUT2D eigenvalue weighted by molar-refractivity contribution is 4.65. The first-order chi connectivity index (χ1) is 6.43. The summed E-state index contributed by atoms with van der Waals surface area (Å²) in [7, 11) is 0. The van der Waals surface area contributed by atoms with Gasteiger partial charge in [-0.05, 0) is 32.2 Å². The lowest BCUT2D eigenvalue weighted by Gasteiger charge is -2.08. The maximum absolute atomic E-state index is 5.30. The van der Waals surface area contributed by atoms with Crippen LogP contribution in [0.25, 0.3) is 0 Å². The molecule has 3 nitrogen and oxygen atoms in total. The Morgan fingerprint density at radius 1 is 1.46 bits per heavy atom. The van der Waals surface area contributed by atoms with E-state index in [2.05, 4.69) is 5.32 Å². The monoisotopic (exact) mass is 187 g/mol. The van der Waals surface area contributed by atoms with Gasteiger partial charge >= 0.3 is 0 Å². The molecular weight excluding hydrogens is 166 g/mol. The Balaban J connectivity index is 1.78. The van der Waals surface area contributed by atoms with Crippen LogP contribution >= 0.6 is 0 Å². The van der Waals surface area contributed by atoms with Crippen LogP contribution in [0.5, 0.6) is 0 Å². The molecule has 0 bridgehead atoms. The van der Waals surface area contributed by atoms with E-state index >= 15 is 0 Å². The fraction of sp³-hybridized carbons (Fsp3) is 1.00. The highest BCUT2D eigenvalue weighted by Crippen LogP contribution is 2.14. The van der Waals surface area contributed by atoms with E-state index in [1.54, 1.807) is 0 Å². The molecule has 0 amide bonds. The summed E-state index contributed by atoms with van der Waals surface area (Å²) in [5.41, 5.74) is 0. The second-order valence-electron chi connectivity index (χ2n) is 3.47. The third-order valence-corrected chi connectivity index (χ3v) is 2.38. The van der Waals surface area contributed by atoms with E-state index in [0.29, 0.717) is 0 Å². The van der Waals surface area contributed by atoms with E-state index in [9.17, 15) is 0 Å². The van der Waals surface area contributed by atoms with Crippen LogP contribution in [0, 0.1) is 5.92 Å². The van der Waals surface area contributed by atoms with Gasteiger partial charge in [-0.1, -0.05) is 0 Å². The van der Waals surface area contributed by atoms with Crippen molar-refractivity contribution in [3.05, 3.63) is 0 Å². The van der Waals surface area contributed by atoms with Crippen LogP contribution < -0.4 is 5.32 Å². The third kappa shape index (κ3) is 5.24. The minimum Gasteiger partial charge on any atom is -0.381 e. The second kappa shape index (κ2) is 7.30. The molecule has 0 saturated carbocycles. The molecule has 1 heterocycles. The molecular formula is C10H21NO2. The number of nitrogens with one attached hydrogen (secondary N) is 1. The SMILES string of the molecule is CCOCCNCCC1CCOC1. The molecule has 0 spiro atoms. The van der Waals surface area contributed by atoms with Crippen molar-refractivity contribution in [2.24, 2.45) is 5.92 Å². The Kier molecular flexibility index (Phi) is 6.15. The number of rotatable bonds is 7. The lowest BCUT2D eigenvalue weighted by Crippen LogP contribution is -2.22. The lowest BCUT2D eigenvalue weighted by molar-refractivity contribution is 0.148. The zero-order chi connectivity index (χ0) is 9.36. The number of hydrogen-bond donors (Lipinski definition) is 1. The Morgan fingerprint density at radius 3 is 3.08 bits per heavy atom. The van der Waals surface area contributed by atoms with Crippen molar-refractivity contribution in [3.63, 3.8) is 0 Å². The third-order valence-electron chi connectivity index (χ3n) is 2.38. The average molecular weight is 187 g/mol. The van der Waals surface area contributed by atoms with E-state index in [1.807, 2.05) is 6.92 Å². The first kappa shape index (κ1) is 11.0. The van der Waals surface area contributed by atoms with Crippen molar-refractivity contribution in [2.75, 3.05) is 39.5 Å². The molecule has 1 atom stereocenters. The molecule has 1 saturated heterocycles. The molecule has 0 aromatic heterocycles. The van der Waals surface area contributed by atoms with Crippen LogP contribution in [0.2, 0.25) is 0 Å². The molecule has 1 N–H and O–H groups in total. The topological polar surface area (TPSA) is 30.5 Å². The van der Waals surface area contributed by atoms with Gasteiger partial charge in [-0.15, -0.1) is 0 Å². The number of ether oxygens (including phenoxy) is 2. The summed E-state index contributed by atoms with van der Waals surface area (Å²) in [5, 5.41) is 3.37. The van der Waals surface area contributed by atoms with Crippen LogP contribution in [0.4, 0.5) is 0 Å². The summed E-state index contributed by atoms with van der Waals surface area (Å²) >= 11 is 0. The summed E-state index contributed by atoms with van der Waals surface area (Å²) in [5.74, 6) is 0.791. The Hall–Kier alpha value is -0.120. The fourth-order valence-corrected chi connectivity index (χ4v) is 1.53. The van der Waals surface area contributed by atoms with Gasteiger partial charge in [-0.2, -0.15) is 0 Å². The van der Waals surface area contributed by atoms with Crippen molar-refractivity contribution in [2.45, 2.75) is 19.8 Å². The Bertz CT molecular complexity index is 113. The van der Waals surface area contributed by atoms with Gasteiger partial charge in [0, 0.05) is 26.4 Å². The van der Waals surface area contributed by atoms with Crippen LogP contribution in [-0.2, 0) is 9.47 Å². The summed E-state index contributed by atoms with van der Waals surface area (Å²) in [6, 6.07) is 0. The molecule has 1 aliphatic rings. The van der Waals surface area contributed by atoms with E-state index in [-0.39, 0.29) is 0 Å². The Morgan fingerprint density at radius 2 is 2.38 bits per heavy atom. The highest BCUT2D eigenvalue weighted by atomic mass is 16.5. The van der Waals surface area contributed by atoms with E-state index < -0.39 is 0 Å². The first-order valence-electron chi connectivity index (χ1n) is 5.29. The molecule has 0 aliphatic carbocycles. The maximum Gasteiger partial charge on any atom is 0.0590 e. The first-order valence-corrected chi connectivity index (χ1v) is 5.29. The minimum absolute atomic E-state index is 0.791. The van der Waals surface area contributed by atoms with Gasteiger partial charge in [0.05, 0.1) is 6.61 Å². The van der Waals surface area contributed by atoms with Crippen molar-refractivity contribution < 1.29 is 9.47 Å². The van der Waals surface area contributed by atoms with Gasteiger partial charge in [0.1, 0.15) is 0 Å². The maximum atomic E-state index is 5.30. The van der Waals surface area contributed by atoms with Gasteiger partial charge in [0.2, 0.25) is 0 Å². The van der Waals surface area contributed by atoms with Crippen LogP contribution in [0.15, 0.2) is 0 Å². The summed E-state index contributed by atoms with van der Waals surface area (Å²) in [6.45, 7) is 7.67. The van der Waals surface area contributed by atoms with Crippen molar-refractivity contribution >= 4 is 0 Å². The van der Waals surface area contributed by atoms with E-state index in [0.717, 1.165) is 45.4 Å². The largest absolute Gasteiger partial charge is 0.381 e. The van der Waals surface area contributed by atoms with Gasteiger partial charge in [0.25, 0.3) is 0 Å². The van der Waals surface area contributed by atoms with Gasteiger partial charge in [-0.25, -0.2) is 0 Å². The molecule has 13 heavy (non-hydrogen) atoms. The molecule has 1 rings (SSSR count).